The van der Waals surface area contributed by atoms with Crippen LogP contribution in [0.25, 0.3) is 11.3 Å². The van der Waals surface area contributed by atoms with E-state index in [0.29, 0.717) is 39.4 Å². The maximum absolute atomic E-state index is 10.2. The first-order chi connectivity index (χ1) is 14.7. The third-order valence-electron chi connectivity index (χ3n) is 6.51. The van der Waals surface area contributed by atoms with Gasteiger partial charge in [-0.05, 0) is 54.5 Å². The Labute approximate surface area is 189 Å². The van der Waals surface area contributed by atoms with Gasteiger partial charge in [-0.3, -0.25) is 0 Å². The Morgan fingerprint density at radius 3 is 2.52 bits per heavy atom. The monoisotopic (exact) mass is 438 g/mol. The Morgan fingerprint density at radius 1 is 1.13 bits per heavy atom. The Balaban J connectivity index is 1.85. The smallest absolute Gasteiger partial charge is 0.189 e. The molecule has 0 amide bonds. The summed E-state index contributed by atoms with van der Waals surface area (Å²) in [4.78, 5) is 12.0. The molecule has 2 atom stereocenters. The van der Waals surface area contributed by atoms with Crippen molar-refractivity contribution in [3.8, 4) is 28.8 Å². The standard InChI is InChI=1S/C24H30N4O2S/c1-23(2)10-16-11-24(3,13-23)14-28(16)21-17(12-25)20(26-22(27-21)31-6)15-7-8-18(29-4)19(9-15)30-5/h7-9,16H,10-11,13-14H2,1-6H3. The lowest BCUT2D eigenvalue weighted by molar-refractivity contribution is 0.136. The molecule has 2 heterocycles. The first-order valence-corrected chi connectivity index (χ1v) is 11.8. The zero-order valence-electron chi connectivity index (χ0n) is 19.2. The van der Waals surface area contributed by atoms with Crippen molar-refractivity contribution in [3.05, 3.63) is 23.8 Å². The van der Waals surface area contributed by atoms with Crippen LogP contribution in [0.1, 0.15) is 45.6 Å². The van der Waals surface area contributed by atoms with Crippen molar-refractivity contribution in [1.29, 1.82) is 5.26 Å². The van der Waals surface area contributed by atoms with Crippen molar-refractivity contribution in [2.45, 2.75) is 51.2 Å². The minimum absolute atomic E-state index is 0.243. The van der Waals surface area contributed by atoms with Crippen LogP contribution in [-0.4, -0.2) is 43.0 Å². The van der Waals surface area contributed by atoms with E-state index in [9.17, 15) is 5.26 Å². The number of nitriles is 1. The van der Waals surface area contributed by atoms with Crippen molar-refractivity contribution in [3.63, 3.8) is 0 Å². The zero-order chi connectivity index (χ0) is 22.4. The first-order valence-electron chi connectivity index (χ1n) is 10.6. The zero-order valence-corrected chi connectivity index (χ0v) is 20.0. The van der Waals surface area contributed by atoms with Crippen LogP contribution in [0.3, 0.4) is 0 Å². The maximum atomic E-state index is 10.2. The Morgan fingerprint density at radius 2 is 1.87 bits per heavy atom. The first kappa shape index (κ1) is 21.8. The van der Waals surface area contributed by atoms with Crippen molar-refractivity contribution < 1.29 is 9.47 Å². The predicted molar refractivity (Wildman–Crippen MR) is 124 cm³/mol. The highest BCUT2D eigenvalue weighted by Gasteiger charge is 2.50. The minimum atomic E-state index is 0.243. The average Bonchev–Trinajstić information content (AvgIpc) is 3.00. The van der Waals surface area contributed by atoms with Gasteiger partial charge < -0.3 is 14.4 Å². The van der Waals surface area contributed by atoms with Gasteiger partial charge in [0, 0.05) is 18.2 Å². The molecule has 6 nitrogen and oxygen atoms in total. The lowest BCUT2D eigenvalue weighted by atomic mass is 9.65. The number of rotatable bonds is 5. The van der Waals surface area contributed by atoms with E-state index in [2.05, 4.69) is 31.7 Å². The second kappa shape index (κ2) is 7.90. The second-order valence-corrected chi connectivity index (χ2v) is 10.6. The van der Waals surface area contributed by atoms with E-state index in [1.165, 1.54) is 18.2 Å². The highest BCUT2D eigenvalue weighted by molar-refractivity contribution is 7.98. The van der Waals surface area contributed by atoms with Gasteiger partial charge in [-0.2, -0.15) is 5.26 Å². The average molecular weight is 439 g/mol. The van der Waals surface area contributed by atoms with Crippen molar-refractivity contribution in [2.75, 3.05) is 31.9 Å². The molecule has 1 aliphatic carbocycles. The molecule has 1 aliphatic heterocycles. The number of hydrogen-bond donors (Lipinski definition) is 0. The van der Waals surface area contributed by atoms with E-state index < -0.39 is 0 Å². The third kappa shape index (κ3) is 3.94. The molecule has 0 spiro atoms. The molecule has 2 fully saturated rings. The summed E-state index contributed by atoms with van der Waals surface area (Å²) in [7, 11) is 3.22. The van der Waals surface area contributed by atoms with Crippen LogP contribution in [0, 0.1) is 22.2 Å². The molecule has 1 saturated carbocycles. The SMILES string of the molecule is COc1ccc(-c2nc(SC)nc(N3CC4(C)CC3CC(C)(C)C4)c2C#N)cc1OC. The lowest BCUT2D eigenvalue weighted by Crippen LogP contribution is -2.35. The summed E-state index contributed by atoms with van der Waals surface area (Å²) >= 11 is 1.50. The normalized spacial score (nSPS) is 24.0. The van der Waals surface area contributed by atoms with Crippen LogP contribution in [0.2, 0.25) is 0 Å². The number of methoxy groups -OCH3 is 2. The van der Waals surface area contributed by atoms with Crippen molar-refractivity contribution >= 4 is 17.6 Å². The fourth-order valence-corrected chi connectivity index (χ4v) is 6.09. The van der Waals surface area contributed by atoms with Gasteiger partial charge >= 0.3 is 0 Å². The van der Waals surface area contributed by atoms with E-state index >= 15 is 0 Å². The summed E-state index contributed by atoms with van der Waals surface area (Å²) in [5.41, 5.74) is 2.53. The summed E-state index contributed by atoms with van der Waals surface area (Å²) < 4.78 is 10.9. The minimum Gasteiger partial charge on any atom is -0.493 e. The topological polar surface area (TPSA) is 71.3 Å². The Hall–Kier alpha value is -2.46. The van der Waals surface area contributed by atoms with E-state index in [0.717, 1.165) is 30.8 Å². The van der Waals surface area contributed by atoms with Crippen LogP contribution in [0.15, 0.2) is 23.4 Å². The summed E-state index contributed by atoms with van der Waals surface area (Å²) in [6, 6.07) is 8.46. The molecule has 2 aliphatic rings. The van der Waals surface area contributed by atoms with Gasteiger partial charge in [-0.15, -0.1) is 0 Å². The number of nitrogens with zero attached hydrogens (tertiary/aromatic N) is 4. The summed E-state index contributed by atoms with van der Waals surface area (Å²) in [6.07, 6.45) is 5.41. The van der Waals surface area contributed by atoms with Crippen LogP contribution < -0.4 is 14.4 Å². The molecule has 2 bridgehead atoms. The van der Waals surface area contributed by atoms with Crippen LogP contribution in [0.4, 0.5) is 5.82 Å². The molecule has 7 heteroatoms. The van der Waals surface area contributed by atoms with Gasteiger partial charge in [-0.25, -0.2) is 9.97 Å². The molecule has 2 aromatic rings. The second-order valence-electron chi connectivity index (χ2n) is 9.78. The number of ether oxygens (including phenoxy) is 2. The molecule has 4 rings (SSSR count). The van der Waals surface area contributed by atoms with Crippen molar-refractivity contribution in [2.24, 2.45) is 10.8 Å². The van der Waals surface area contributed by atoms with E-state index in [1.807, 2.05) is 24.5 Å². The molecule has 0 radical (unpaired) electrons. The van der Waals surface area contributed by atoms with Crippen LogP contribution >= 0.6 is 11.8 Å². The van der Waals surface area contributed by atoms with Gasteiger partial charge in [-0.1, -0.05) is 32.5 Å². The van der Waals surface area contributed by atoms with Gasteiger partial charge in [0.2, 0.25) is 0 Å². The lowest BCUT2D eigenvalue weighted by Gasteiger charge is -2.39. The molecule has 1 saturated heterocycles. The number of anilines is 1. The highest BCUT2D eigenvalue weighted by Crippen LogP contribution is 2.54. The number of fused-ring (bicyclic) bond motifs is 2. The predicted octanol–water partition coefficient (Wildman–Crippen LogP) is 5.16. The number of hydrogen-bond acceptors (Lipinski definition) is 7. The van der Waals surface area contributed by atoms with Gasteiger partial charge in [0.25, 0.3) is 0 Å². The van der Waals surface area contributed by atoms with Gasteiger partial charge in [0.15, 0.2) is 22.5 Å². The number of aromatic nitrogens is 2. The third-order valence-corrected chi connectivity index (χ3v) is 7.06. The summed E-state index contributed by atoms with van der Waals surface area (Å²) in [5.74, 6) is 2.02. The van der Waals surface area contributed by atoms with E-state index in [1.54, 1.807) is 14.2 Å². The summed E-state index contributed by atoms with van der Waals surface area (Å²) in [6.45, 7) is 8.01. The largest absolute Gasteiger partial charge is 0.493 e. The molecule has 0 N–H and O–H groups in total. The van der Waals surface area contributed by atoms with Crippen LogP contribution in [0.5, 0.6) is 11.5 Å². The number of thioether (sulfide) groups is 1. The molecule has 31 heavy (non-hydrogen) atoms. The highest BCUT2D eigenvalue weighted by atomic mass is 32.2. The molecular weight excluding hydrogens is 408 g/mol. The molecule has 1 aromatic carbocycles. The maximum Gasteiger partial charge on any atom is 0.189 e. The molecule has 164 valence electrons. The molecular formula is C24H30N4O2S. The Bertz CT molecular complexity index is 1050. The van der Waals surface area contributed by atoms with E-state index in [-0.39, 0.29) is 5.41 Å². The van der Waals surface area contributed by atoms with Crippen molar-refractivity contribution in [1.82, 2.24) is 9.97 Å². The summed E-state index contributed by atoms with van der Waals surface area (Å²) in [5, 5.41) is 10.9. The quantitative estimate of drug-likeness (QED) is 0.472. The molecule has 1 aromatic heterocycles. The molecule has 2 unspecified atom stereocenters. The Kier molecular flexibility index (Phi) is 5.55. The van der Waals surface area contributed by atoms with Gasteiger partial charge in [0.05, 0.1) is 19.9 Å². The fraction of sp³-hybridized carbons (Fsp3) is 0.542. The van der Waals surface area contributed by atoms with Gasteiger partial charge in [0.1, 0.15) is 11.6 Å². The van der Waals surface area contributed by atoms with E-state index in [4.69, 9.17) is 19.4 Å². The fourth-order valence-electron chi connectivity index (χ4n) is 5.73. The number of benzene rings is 1. The van der Waals surface area contributed by atoms with Crippen LogP contribution in [-0.2, 0) is 0 Å².